The van der Waals surface area contributed by atoms with E-state index in [0.29, 0.717) is 10.0 Å². The SMILES string of the molecule is Clc1cccc(Cl)c1NC1=NCCCCC1. The Bertz CT molecular complexity index is 382. The number of amidine groups is 1. The van der Waals surface area contributed by atoms with Crippen LogP contribution >= 0.6 is 23.2 Å². The van der Waals surface area contributed by atoms with Gasteiger partial charge in [-0.3, -0.25) is 4.99 Å². The van der Waals surface area contributed by atoms with Gasteiger partial charge in [0.1, 0.15) is 5.84 Å². The van der Waals surface area contributed by atoms with Gasteiger partial charge < -0.3 is 5.32 Å². The molecule has 1 aliphatic rings. The molecule has 2 nitrogen and oxygen atoms in total. The maximum absolute atomic E-state index is 6.09. The first kappa shape index (κ1) is 11.7. The Morgan fingerprint density at radius 2 is 1.81 bits per heavy atom. The fourth-order valence-electron chi connectivity index (χ4n) is 1.74. The van der Waals surface area contributed by atoms with Crippen LogP contribution in [0.4, 0.5) is 5.69 Å². The lowest BCUT2D eigenvalue weighted by Gasteiger charge is -2.11. The molecule has 0 bridgehead atoms. The highest BCUT2D eigenvalue weighted by Gasteiger charge is 2.09. The van der Waals surface area contributed by atoms with Crippen molar-refractivity contribution in [2.24, 2.45) is 4.99 Å². The Morgan fingerprint density at radius 1 is 1.06 bits per heavy atom. The topological polar surface area (TPSA) is 24.4 Å². The largest absolute Gasteiger partial charge is 0.342 e. The third kappa shape index (κ3) is 2.89. The molecule has 0 saturated carbocycles. The molecule has 0 aliphatic carbocycles. The molecule has 2 rings (SSSR count). The fraction of sp³-hybridized carbons (Fsp3) is 0.417. The van der Waals surface area contributed by atoms with Crippen LogP contribution in [-0.2, 0) is 0 Å². The molecule has 4 heteroatoms. The molecule has 0 unspecified atom stereocenters. The van der Waals surface area contributed by atoms with E-state index in [9.17, 15) is 0 Å². The van der Waals surface area contributed by atoms with Crippen molar-refractivity contribution in [2.75, 3.05) is 11.9 Å². The highest BCUT2D eigenvalue weighted by molar-refractivity contribution is 6.39. The summed E-state index contributed by atoms with van der Waals surface area (Å²) in [4.78, 5) is 4.49. The van der Waals surface area contributed by atoms with Crippen LogP contribution < -0.4 is 5.32 Å². The maximum Gasteiger partial charge on any atom is 0.101 e. The molecule has 16 heavy (non-hydrogen) atoms. The molecule has 0 spiro atoms. The number of hydrogen-bond donors (Lipinski definition) is 1. The summed E-state index contributed by atoms with van der Waals surface area (Å²) in [6.45, 7) is 0.893. The smallest absolute Gasteiger partial charge is 0.101 e. The van der Waals surface area contributed by atoms with Crippen molar-refractivity contribution < 1.29 is 0 Å². The molecule has 0 atom stereocenters. The monoisotopic (exact) mass is 256 g/mol. The van der Waals surface area contributed by atoms with Crippen LogP contribution in [0.25, 0.3) is 0 Å². The van der Waals surface area contributed by atoms with Crippen LogP contribution in [0.3, 0.4) is 0 Å². The average Bonchev–Trinajstić information content (AvgIpc) is 2.52. The van der Waals surface area contributed by atoms with E-state index < -0.39 is 0 Å². The van der Waals surface area contributed by atoms with Crippen LogP contribution in [-0.4, -0.2) is 12.4 Å². The lowest BCUT2D eigenvalue weighted by atomic mass is 10.2. The van der Waals surface area contributed by atoms with Gasteiger partial charge in [0.05, 0.1) is 15.7 Å². The summed E-state index contributed by atoms with van der Waals surface area (Å²) in [6, 6.07) is 5.49. The summed E-state index contributed by atoms with van der Waals surface area (Å²) in [7, 11) is 0. The standard InChI is InChI=1S/C12H14Cl2N2/c13-9-5-4-6-10(14)12(9)16-11-7-2-1-3-8-15-11/h4-6H,1-3,7-8H2,(H,15,16). The summed E-state index contributed by atoms with van der Waals surface area (Å²) in [5, 5.41) is 4.52. The highest BCUT2D eigenvalue weighted by atomic mass is 35.5. The molecular formula is C12H14Cl2N2. The first-order valence-corrected chi connectivity index (χ1v) is 6.27. The summed E-state index contributed by atoms with van der Waals surface area (Å²) in [5.41, 5.74) is 0.770. The third-order valence-electron chi connectivity index (χ3n) is 2.61. The van der Waals surface area contributed by atoms with Crippen molar-refractivity contribution in [3.63, 3.8) is 0 Å². The maximum atomic E-state index is 6.09. The number of halogens is 2. The van der Waals surface area contributed by atoms with Gasteiger partial charge in [-0.2, -0.15) is 0 Å². The second kappa shape index (κ2) is 5.55. The van der Waals surface area contributed by atoms with E-state index in [0.717, 1.165) is 24.5 Å². The van der Waals surface area contributed by atoms with Gasteiger partial charge in [0.2, 0.25) is 0 Å². The van der Waals surface area contributed by atoms with Crippen molar-refractivity contribution in [2.45, 2.75) is 25.7 Å². The van der Waals surface area contributed by atoms with Gasteiger partial charge in [-0.25, -0.2) is 0 Å². The molecule has 0 fully saturated rings. The number of para-hydroxylation sites is 1. The number of anilines is 1. The minimum Gasteiger partial charge on any atom is -0.342 e. The summed E-state index contributed by atoms with van der Waals surface area (Å²) in [6.07, 6.45) is 4.56. The Morgan fingerprint density at radius 3 is 2.56 bits per heavy atom. The Balaban J connectivity index is 2.16. The minimum atomic E-state index is 0.638. The summed E-state index contributed by atoms with van der Waals surface area (Å²) < 4.78 is 0. The molecule has 1 aromatic rings. The Hall–Kier alpha value is -0.730. The summed E-state index contributed by atoms with van der Waals surface area (Å²) >= 11 is 12.2. The second-order valence-corrected chi connectivity index (χ2v) is 4.68. The molecule has 1 aromatic carbocycles. The number of aliphatic imine (C=N–C) groups is 1. The van der Waals surface area contributed by atoms with Gasteiger partial charge in [-0.05, 0) is 25.0 Å². The zero-order valence-corrected chi connectivity index (χ0v) is 10.5. The average molecular weight is 257 g/mol. The van der Waals surface area contributed by atoms with Crippen molar-refractivity contribution >= 4 is 34.7 Å². The normalized spacial score (nSPS) is 16.5. The van der Waals surface area contributed by atoms with Crippen LogP contribution in [0, 0.1) is 0 Å². The van der Waals surface area contributed by atoms with Crippen molar-refractivity contribution in [1.29, 1.82) is 0 Å². The van der Waals surface area contributed by atoms with E-state index in [1.165, 1.54) is 19.3 Å². The van der Waals surface area contributed by atoms with Crippen molar-refractivity contribution in [1.82, 2.24) is 0 Å². The number of rotatable bonds is 1. The predicted molar refractivity (Wildman–Crippen MR) is 70.9 cm³/mol. The quantitative estimate of drug-likeness (QED) is 0.793. The first-order valence-electron chi connectivity index (χ1n) is 5.52. The van der Waals surface area contributed by atoms with Crippen molar-refractivity contribution in [3.8, 4) is 0 Å². The molecular weight excluding hydrogens is 243 g/mol. The van der Waals surface area contributed by atoms with Crippen molar-refractivity contribution in [3.05, 3.63) is 28.2 Å². The van der Waals surface area contributed by atoms with E-state index in [4.69, 9.17) is 23.2 Å². The van der Waals surface area contributed by atoms with Gasteiger partial charge >= 0.3 is 0 Å². The highest BCUT2D eigenvalue weighted by Crippen LogP contribution is 2.30. The van der Waals surface area contributed by atoms with Crippen LogP contribution in [0.1, 0.15) is 25.7 Å². The number of hydrogen-bond acceptors (Lipinski definition) is 2. The lowest BCUT2D eigenvalue weighted by Crippen LogP contribution is -2.12. The molecule has 1 heterocycles. The Labute approximate surface area is 106 Å². The van der Waals surface area contributed by atoms with Gasteiger partial charge in [0.25, 0.3) is 0 Å². The molecule has 1 N–H and O–H groups in total. The van der Waals surface area contributed by atoms with E-state index >= 15 is 0 Å². The van der Waals surface area contributed by atoms with Crippen LogP contribution in [0.2, 0.25) is 10.0 Å². The number of nitrogens with one attached hydrogen (secondary N) is 1. The van der Waals surface area contributed by atoms with E-state index in [2.05, 4.69) is 10.3 Å². The molecule has 0 aromatic heterocycles. The molecule has 1 aliphatic heterocycles. The molecule has 0 saturated heterocycles. The number of nitrogens with zero attached hydrogens (tertiary/aromatic N) is 1. The van der Waals surface area contributed by atoms with Gasteiger partial charge in [-0.15, -0.1) is 0 Å². The van der Waals surface area contributed by atoms with E-state index in [1.54, 1.807) is 0 Å². The van der Waals surface area contributed by atoms with Gasteiger partial charge in [-0.1, -0.05) is 35.7 Å². The van der Waals surface area contributed by atoms with E-state index in [-0.39, 0.29) is 0 Å². The fourth-order valence-corrected chi connectivity index (χ4v) is 2.23. The Kier molecular flexibility index (Phi) is 4.08. The summed E-state index contributed by atoms with van der Waals surface area (Å²) in [5.74, 6) is 0.993. The molecule has 86 valence electrons. The zero-order valence-electron chi connectivity index (χ0n) is 8.97. The minimum absolute atomic E-state index is 0.638. The predicted octanol–water partition coefficient (Wildman–Crippen LogP) is 4.38. The van der Waals surface area contributed by atoms with Gasteiger partial charge in [0, 0.05) is 13.0 Å². The second-order valence-electron chi connectivity index (χ2n) is 3.86. The van der Waals surface area contributed by atoms with E-state index in [1.807, 2.05) is 18.2 Å². The number of benzene rings is 1. The van der Waals surface area contributed by atoms with Crippen LogP contribution in [0.15, 0.2) is 23.2 Å². The van der Waals surface area contributed by atoms with Crippen LogP contribution in [0.5, 0.6) is 0 Å². The molecule has 0 amide bonds. The molecule has 0 radical (unpaired) electrons. The third-order valence-corrected chi connectivity index (χ3v) is 3.24. The zero-order chi connectivity index (χ0) is 11.4. The van der Waals surface area contributed by atoms with Gasteiger partial charge in [0.15, 0.2) is 0 Å². The lowest BCUT2D eigenvalue weighted by molar-refractivity contribution is 0.731. The first-order chi connectivity index (χ1) is 7.77.